The Kier molecular flexibility index (Phi) is 2.81. The Labute approximate surface area is 141 Å². The summed E-state index contributed by atoms with van der Waals surface area (Å²) in [5.74, 6) is 0. The van der Waals surface area contributed by atoms with Gasteiger partial charge in [-0.15, -0.1) is 0 Å². The lowest BCUT2D eigenvalue weighted by Crippen LogP contribution is -1.93. The van der Waals surface area contributed by atoms with Crippen LogP contribution in [0.2, 0.25) is 5.28 Å². The minimum atomic E-state index is 0.211. The average molecular weight is 332 g/mol. The summed E-state index contributed by atoms with van der Waals surface area (Å²) >= 11 is 6.10. The van der Waals surface area contributed by atoms with Crippen LogP contribution in [0.5, 0.6) is 0 Å². The molecule has 0 bridgehead atoms. The van der Waals surface area contributed by atoms with E-state index in [1.165, 1.54) is 0 Å². The molecule has 0 N–H and O–H groups in total. The van der Waals surface area contributed by atoms with E-state index in [-0.39, 0.29) is 5.28 Å². The molecule has 4 nitrogen and oxygen atoms in total. The summed E-state index contributed by atoms with van der Waals surface area (Å²) in [6, 6.07) is 17.7. The van der Waals surface area contributed by atoms with Crippen LogP contribution < -0.4 is 0 Å². The second-order valence-corrected chi connectivity index (χ2v) is 5.86. The van der Waals surface area contributed by atoms with Crippen LogP contribution in [0.3, 0.4) is 0 Å². The molecule has 5 aromatic rings. The highest BCUT2D eigenvalue weighted by Crippen LogP contribution is 2.33. The van der Waals surface area contributed by atoms with Gasteiger partial charge in [-0.3, -0.25) is 4.98 Å². The molecule has 3 aromatic heterocycles. The van der Waals surface area contributed by atoms with Crippen molar-refractivity contribution >= 4 is 44.6 Å². The van der Waals surface area contributed by atoms with Gasteiger partial charge >= 0.3 is 0 Å². The van der Waals surface area contributed by atoms with Crippen LogP contribution in [0.15, 0.2) is 65.2 Å². The van der Waals surface area contributed by atoms with Crippen LogP contribution in [0.25, 0.3) is 44.2 Å². The minimum absolute atomic E-state index is 0.211. The molecule has 0 radical (unpaired) electrons. The van der Waals surface area contributed by atoms with Crippen molar-refractivity contribution in [2.24, 2.45) is 0 Å². The van der Waals surface area contributed by atoms with Crippen molar-refractivity contribution in [1.29, 1.82) is 0 Å². The predicted molar refractivity (Wildman–Crippen MR) is 95.1 cm³/mol. The van der Waals surface area contributed by atoms with Crippen molar-refractivity contribution < 1.29 is 4.42 Å². The zero-order valence-electron chi connectivity index (χ0n) is 12.4. The number of fused-ring (bicyclic) bond motifs is 4. The minimum Gasteiger partial charge on any atom is -0.456 e. The number of pyridine rings is 1. The maximum atomic E-state index is 6.10. The monoisotopic (exact) mass is 331 g/mol. The van der Waals surface area contributed by atoms with Crippen molar-refractivity contribution in [1.82, 2.24) is 15.0 Å². The molecule has 0 spiro atoms. The second-order valence-electron chi connectivity index (χ2n) is 5.52. The number of para-hydroxylation sites is 1. The quantitative estimate of drug-likeness (QED) is 0.394. The molecular formula is C19H10ClN3O. The highest BCUT2D eigenvalue weighted by atomic mass is 35.5. The van der Waals surface area contributed by atoms with E-state index in [0.29, 0.717) is 0 Å². The van der Waals surface area contributed by atoms with Gasteiger partial charge in [0.25, 0.3) is 0 Å². The zero-order valence-corrected chi connectivity index (χ0v) is 13.2. The van der Waals surface area contributed by atoms with Crippen molar-refractivity contribution in [3.8, 4) is 11.3 Å². The molecule has 0 saturated heterocycles. The van der Waals surface area contributed by atoms with Crippen LogP contribution in [0.1, 0.15) is 0 Å². The predicted octanol–water partition coefficient (Wildman–Crippen LogP) is 5.24. The van der Waals surface area contributed by atoms with Crippen LogP contribution >= 0.6 is 11.6 Å². The molecule has 0 fully saturated rings. The Hall–Kier alpha value is -2.98. The first-order chi connectivity index (χ1) is 11.8. The lowest BCUT2D eigenvalue weighted by molar-refractivity contribution is 0.669. The lowest BCUT2D eigenvalue weighted by Gasteiger charge is -2.05. The maximum Gasteiger partial charge on any atom is 0.223 e. The van der Waals surface area contributed by atoms with Crippen LogP contribution in [-0.4, -0.2) is 15.0 Å². The van der Waals surface area contributed by atoms with Gasteiger partial charge in [-0.1, -0.05) is 18.2 Å². The zero-order chi connectivity index (χ0) is 16.1. The summed E-state index contributed by atoms with van der Waals surface area (Å²) < 4.78 is 5.88. The molecule has 24 heavy (non-hydrogen) atoms. The van der Waals surface area contributed by atoms with Gasteiger partial charge in [0.1, 0.15) is 22.4 Å². The molecule has 5 rings (SSSR count). The first kappa shape index (κ1) is 13.5. The lowest BCUT2D eigenvalue weighted by atomic mass is 10.1. The Balaban J connectivity index is 1.85. The van der Waals surface area contributed by atoms with Crippen molar-refractivity contribution in [2.45, 2.75) is 0 Å². The number of aromatic nitrogens is 3. The standard InChI is InChI=1S/C19H10ClN3O/c20-19-22-14-5-3-9-21-18(14)17(23-19)11-7-8-16-13(10-11)12-4-1-2-6-15(12)24-16/h1-10H. The van der Waals surface area contributed by atoms with Gasteiger partial charge in [0.15, 0.2) is 0 Å². The molecule has 0 saturated carbocycles. The summed E-state index contributed by atoms with van der Waals surface area (Å²) in [4.78, 5) is 13.1. The van der Waals surface area contributed by atoms with E-state index < -0.39 is 0 Å². The van der Waals surface area contributed by atoms with Crippen LogP contribution in [0, 0.1) is 0 Å². The summed E-state index contributed by atoms with van der Waals surface area (Å²) in [6.45, 7) is 0. The summed E-state index contributed by atoms with van der Waals surface area (Å²) in [5.41, 5.74) is 4.82. The highest BCUT2D eigenvalue weighted by Gasteiger charge is 2.13. The summed E-state index contributed by atoms with van der Waals surface area (Å²) in [6.07, 6.45) is 1.73. The molecule has 2 aromatic carbocycles. The molecule has 114 valence electrons. The van der Waals surface area contributed by atoms with E-state index >= 15 is 0 Å². The van der Waals surface area contributed by atoms with Crippen molar-refractivity contribution in [3.05, 3.63) is 66.1 Å². The van der Waals surface area contributed by atoms with Gasteiger partial charge < -0.3 is 4.42 Å². The van der Waals surface area contributed by atoms with E-state index in [1.54, 1.807) is 6.20 Å². The maximum absolute atomic E-state index is 6.10. The van der Waals surface area contributed by atoms with E-state index in [4.69, 9.17) is 16.0 Å². The van der Waals surface area contributed by atoms with Crippen molar-refractivity contribution in [2.75, 3.05) is 0 Å². The molecule has 3 heterocycles. The van der Waals surface area contributed by atoms with E-state index in [2.05, 4.69) is 21.0 Å². The van der Waals surface area contributed by atoms with E-state index in [9.17, 15) is 0 Å². The Morgan fingerprint density at radius 1 is 0.833 bits per heavy atom. The molecule has 0 aliphatic carbocycles. The molecule has 0 unspecified atom stereocenters. The number of rotatable bonds is 1. The van der Waals surface area contributed by atoms with Gasteiger partial charge in [-0.2, -0.15) is 0 Å². The molecular weight excluding hydrogens is 322 g/mol. The van der Waals surface area contributed by atoms with Crippen LogP contribution in [-0.2, 0) is 0 Å². The number of hydrogen-bond donors (Lipinski definition) is 0. The second kappa shape index (κ2) is 5.01. The number of benzene rings is 2. The van der Waals surface area contributed by atoms with Crippen LogP contribution in [0.4, 0.5) is 0 Å². The fourth-order valence-electron chi connectivity index (χ4n) is 3.01. The fourth-order valence-corrected chi connectivity index (χ4v) is 3.19. The normalized spacial score (nSPS) is 11.5. The molecule has 0 atom stereocenters. The molecule has 0 amide bonds. The van der Waals surface area contributed by atoms with Gasteiger partial charge in [-0.25, -0.2) is 9.97 Å². The van der Waals surface area contributed by atoms with Gasteiger partial charge in [-0.05, 0) is 48.0 Å². The Bertz CT molecular complexity index is 1230. The molecule has 0 aliphatic rings. The molecule has 0 aliphatic heterocycles. The topological polar surface area (TPSA) is 51.8 Å². The third-order valence-corrected chi connectivity index (χ3v) is 4.25. The SMILES string of the molecule is Clc1nc(-c2ccc3oc4ccccc4c3c2)c2ncccc2n1. The third-order valence-electron chi connectivity index (χ3n) is 4.08. The van der Waals surface area contributed by atoms with Gasteiger partial charge in [0.2, 0.25) is 5.28 Å². The number of hydrogen-bond acceptors (Lipinski definition) is 4. The Morgan fingerprint density at radius 2 is 1.71 bits per heavy atom. The van der Waals surface area contributed by atoms with E-state index in [1.807, 2.05) is 48.5 Å². The summed E-state index contributed by atoms with van der Waals surface area (Å²) in [5, 5.41) is 2.33. The first-order valence-electron chi connectivity index (χ1n) is 7.49. The summed E-state index contributed by atoms with van der Waals surface area (Å²) in [7, 11) is 0. The number of halogens is 1. The van der Waals surface area contributed by atoms with E-state index in [0.717, 1.165) is 44.2 Å². The van der Waals surface area contributed by atoms with Crippen molar-refractivity contribution in [3.63, 3.8) is 0 Å². The third kappa shape index (κ3) is 1.97. The average Bonchev–Trinajstić information content (AvgIpc) is 2.99. The first-order valence-corrected chi connectivity index (χ1v) is 7.87. The smallest absolute Gasteiger partial charge is 0.223 e. The largest absolute Gasteiger partial charge is 0.456 e. The highest BCUT2D eigenvalue weighted by molar-refractivity contribution is 6.28. The van der Waals surface area contributed by atoms with Gasteiger partial charge in [0, 0.05) is 22.5 Å². The molecule has 5 heteroatoms. The number of furan rings is 1. The fraction of sp³-hybridized carbons (Fsp3) is 0. The van der Waals surface area contributed by atoms with Gasteiger partial charge in [0.05, 0.1) is 5.52 Å². The Morgan fingerprint density at radius 3 is 2.67 bits per heavy atom. The number of nitrogens with zero attached hydrogens (tertiary/aromatic N) is 3.